The van der Waals surface area contributed by atoms with Crippen molar-refractivity contribution >= 4 is 5.91 Å². The summed E-state index contributed by atoms with van der Waals surface area (Å²) in [6.45, 7) is 7.78. The third-order valence-electron chi connectivity index (χ3n) is 1.91. The second-order valence-electron chi connectivity index (χ2n) is 3.31. The zero-order chi connectivity index (χ0) is 11.0. The van der Waals surface area contributed by atoms with Crippen LogP contribution in [0.1, 0.15) is 20.8 Å². The molecule has 0 bridgehead atoms. The Morgan fingerprint density at radius 3 is 2.50 bits per heavy atom. The minimum atomic E-state index is 0.0268. The van der Waals surface area contributed by atoms with Gasteiger partial charge in [-0.2, -0.15) is 0 Å². The van der Waals surface area contributed by atoms with Crippen molar-refractivity contribution in [3.63, 3.8) is 0 Å². The smallest absolute Gasteiger partial charge is 0.248 e. The summed E-state index contributed by atoms with van der Waals surface area (Å²) >= 11 is 0. The lowest BCUT2D eigenvalue weighted by Crippen LogP contribution is -2.41. The number of rotatable bonds is 7. The lowest BCUT2D eigenvalue weighted by molar-refractivity contribution is -0.138. The van der Waals surface area contributed by atoms with Crippen molar-refractivity contribution in [2.24, 2.45) is 0 Å². The van der Waals surface area contributed by atoms with E-state index >= 15 is 0 Å². The van der Waals surface area contributed by atoms with Crippen molar-refractivity contribution in [3.05, 3.63) is 0 Å². The van der Waals surface area contributed by atoms with E-state index in [0.717, 1.165) is 0 Å². The number of nitrogens with zero attached hydrogens (tertiary/aromatic N) is 1. The SMILES string of the molecule is CCOCC(=O)N(CCOC)C(C)C. The fourth-order valence-electron chi connectivity index (χ4n) is 1.13. The highest BCUT2D eigenvalue weighted by Crippen LogP contribution is 1.99. The summed E-state index contributed by atoms with van der Waals surface area (Å²) in [6.07, 6.45) is 0. The van der Waals surface area contributed by atoms with Crippen LogP contribution in [0.3, 0.4) is 0 Å². The van der Waals surface area contributed by atoms with E-state index in [0.29, 0.717) is 19.8 Å². The highest BCUT2D eigenvalue weighted by atomic mass is 16.5. The first-order valence-electron chi connectivity index (χ1n) is 4.99. The summed E-state index contributed by atoms with van der Waals surface area (Å²) in [4.78, 5) is 13.4. The number of ether oxygens (including phenoxy) is 2. The largest absolute Gasteiger partial charge is 0.383 e. The third kappa shape index (κ3) is 5.19. The molecule has 0 aliphatic heterocycles. The van der Waals surface area contributed by atoms with Gasteiger partial charge < -0.3 is 14.4 Å². The van der Waals surface area contributed by atoms with Crippen LogP contribution in [0.15, 0.2) is 0 Å². The molecule has 0 N–H and O–H groups in total. The molecule has 0 aromatic rings. The van der Waals surface area contributed by atoms with Gasteiger partial charge in [0.15, 0.2) is 0 Å². The molecule has 0 aromatic carbocycles. The average molecular weight is 203 g/mol. The van der Waals surface area contributed by atoms with Crippen LogP contribution in [-0.2, 0) is 14.3 Å². The van der Waals surface area contributed by atoms with Gasteiger partial charge in [0.1, 0.15) is 6.61 Å². The molecular formula is C10H21NO3. The van der Waals surface area contributed by atoms with Gasteiger partial charge in [0.25, 0.3) is 0 Å². The van der Waals surface area contributed by atoms with Gasteiger partial charge in [-0.05, 0) is 20.8 Å². The number of hydrogen-bond donors (Lipinski definition) is 0. The highest BCUT2D eigenvalue weighted by Gasteiger charge is 2.15. The van der Waals surface area contributed by atoms with Crippen LogP contribution in [0.2, 0.25) is 0 Å². The Morgan fingerprint density at radius 2 is 2.07 bits per heavy atom. The Labute approximate surface area is 86.2 Å². The molecule has 0 aromatic heterocycles. The van der Waals surface area contributed by atoms with Crippen molar-refractivity contribution in [2.75, 3.05) is 33.5 Å². The van der Waals surface area contributed by atoms with Crippen LogP contribution >= 0.6 is 0 Å². The number of hydrogen-bond acceptors (Lipinski definition) is 3. The second-order valence-corrected chi connectivity index (χ2v) is 3.31. The maximum Gasteiger partial charge on any atom is 0.248 e. The molecular weight excluding hydrogens is 182 g/mol. The predicted octanol–water partition coefficient (Wildman–Crippen LogP) is 0.906. The van der Waals surface area contributed by atoms with Gasteiger partial charge in [-0.15, -0.1) is 0 Å². The number of carbonyl (C=O) groups excluding carboxylic acids is 1. The minimum absolute atomic E-state index is 0.0268. The number of amides is 1. The summed E-state index contributed by atoms with van der Waals surface area (Å²) in [6, 6.07) is 0.193. The lowest BCUT2D eigenvalue weighted by Gasteiger charge is -2.26. The average Bonchev–Trinajstić information content (AvgIpc) is 2.14. The number of methoxy groups -OCH3 is 1. The van der Waals surface area contributed by atoms with Crippen molar-refractivity contribution in [3.8, 4) is 0 Å². The monoisotopic (exact) mass is 203 g/mol. The van der Waals surface area contributed by atoms with E-state index in [1.54, 1.807) is 12.0 Å². The molecule has 0 unspecified atom stereocenters. The third-order valence-corrected chi connectivity index (χ3v) is 1.91. The molecule has 0 atom stereocenters. The second kappa shape index (κ2) is 7.76. The molecule has 0 saturated heterocycles. The molecule has 84 valence electrons. The summed E-state index contributed by atoms with van der Waals surface area (Å²) in [5.41, 5.74) is 0. The first-order chi connectivity index (χ1) is 6.63. The summed E-state index contributed by atoms with van der Waals surface area (Å²) in [7, 11) is 1.63. The van der Waals surface area contributed by atoms with Gasteiger partial charge in [0, 0.05) is 26.3 Å². The van der Waals surface area contributed by atoms with Crippen molar-refractivity contribution in [2.45, 2.75) is 26.8 Å². The first kappa shape index (κ1) is 13.4. The van der Waals surface area contributed by atoms with Gasteiger partial charge in [0.05, 0.1) is 6.61 Å². The van der Waals surface area contributed by atoms with Gasteiger partial charge in [-0.25, -0.2) is 0 Å². The molecule has 0 saturated carbocycles. The first-order valence-corrected chi connectivity index (χ1v) is 4.99. The molecule has 0 fully saturated rings. The molecule has 0 rings (SSSR count). The molecule has 0 heterocycles. The topological polar surface area (TPSA) is 38.8 Å². The van der Waals surface area contributed by atoms with E-state index in [2.05, 4.69) is 0 Å². The van der Waals surface area contributed by atoms with E-state index in [1.165, 1.54) is 0 Å². The van der Waals surface area contributed by atoms with Gasteiger partial charge in [-0.1, -0.05) is 0 Å². The van der Waals surface area contributed by atoms with E-state index < -0.39 is 0 Å². The normalized spacial score (nSPS) is 10.6. The van der Waals surface area contributed by atoms with Crippen molar-refractivity contribution in [1.82, 2.24) is 4.90 Å². The van der Waals surface area contributed by atoms with Crippen LogP contribution in [0, 0.1) is 0 Å². The molecule has 0 aliphatic rings. The molecule has 0 spiro atoms. The van der Waals surface area contributed by atoms with Crippen LogP contribution in [0.5, 0.6) is 0 Å². The summed E-state index contributed by atoms with van der Waals surface area (Å²) < 4.78 is 10.0. The van der Waals surface area contributed by atoms with Crippen LogP contribution < -0.4 is 0 Å². The molecule has 1 amide bonds. The molecule has 4 heteroatoms. The predicted molar refractivity (Wildman–Crippen MR) is 55.2 cm³/mol. The van der Waals surface area contributed by atoms with E-state index in [4.69, 9.17) is 9.47 Å². The lowest BCUT2D eigenvalue weighted by atomic mass is 10.3. The summed E-state index contributed by atoms with van der Waals surface area (Å²) in [5.74, 6) is 0.0268. The maximum atomic E-state index is 11.6. The van der Waals surface area contributed by atoms with Crippen LogP contribution in [0.4, 0.5) is 0 Å². The van der Waals surface area contributed by atoms with Gasteiger partial charge in [0.2, 0.25) is 5.91 Å². The quantitative estimate of drug-likeness (QED) is 0.617. The van der Waals surface area contributed by atoms with Crippen molar-refractivity contribution < 1.29 is 14.3 Å². The Hall–Kier alpha value is -0.610. The molecule has 0 radical (unpaired) electrons. The Kier molecular flexibility index (Phi) is 7.42. The zero-order valence-electron chi connectivity index (χ0n) is 9.58. The standard InChI is InChI=1S/C10H21NO3/c1-5-14-8-10(12)11(9(2)3)6-7-13-4/h9H,5-8H2,1-4H3. The fraction of sp³-hybridized carbons (Fsp3) is 0.900. The zero-order valence-corrected chi connectivity index (χ0v) is 9.58. The molecule has 14 heavy (non-hydrogen) atoms. The van der Waals surface area contributed by atoms with E-state index in [-0.39, 0.29) is 18.6 Å². The van der Waals surface area contributed by atoms with Gasteiger partial charge >= 0.3 is 0 Å². The summed E-state index contributed by atoms with van der Waals surface area (Å²) in [5, 5.41) is 0. The van der Waals surface area contributed by atoms with E-state index in [1.807, 2.05) is 20.8 Å². The Morgan fingerprint density at radius 1 is 1.43 bits per heavy atom. The Balaban J connectivity index is 3.98. The van der Waals surface area contributed by atoms with Gasteiger partial charge in [-0.3, -0.25) is 4.79 Å². The number of carbonyl (C=O) groups is 1. The molecule has 4 nitrogen and oxygen atoms in total. The van der Waals surface area contributed by atoms with Crippen LogP contribution in [-0.4, -0.2) is 50.3 Å². The van der Waals surface area contributed by atoms with E-state index in [9.17, 15) is 4.79 Å². The minimum Gasteiger partial charge on any atom is -0.383 e. The Bertz CT molecular complexity index is 159. The fourth-order valence-corrected chi connectivity index (χ4v) is 1.13. The highest BCUT2D eigenvalue weighted by molar-refractivity contribution is 5.77. The van der Waals surface area contributed by atoms with Crippen LogP contribution in [0.25, 0.3) is 0 Å². The van der Waals surface area contributed by atoms with Crippen molar-refractivity contribution in [1.29, 1.82) is 0 Å². The maximum absolute atomic E-state index is 11.6. The molecule has 0 aliphatic carbocycles.